The minimum atomic E-state index is -1.05. The van der Waals surface area contributed by atoms with Gasteiger partial charge in [0.15, 0.2) is 0 Å². The summed E-state index contributed by atoms with van der Waals surface area (Å²) in [6.45, 7) is 1.94. The highest BCUT2D eigenvalue weighted by Crippen LogP contribution is 2.42. The maximum Gasteiger partial charge on any atom is 0.336 e. The van der Waals surface area contributed by atoms with Crippen LogP contribution in [0.4, 0.5) is 11.5 Å². The van der Waals surface area contributed by atoms with E-state index < -0.39 is 11.2 Å². The van der Waals surface area contributed by atoms with E-state index in [9.17, 15) is 25.2 Å². The number of fused-ring (bicyclic) bond motifs is 1. The number of nitriles is 2. The second kappa shape index (κ2) is 13.5. The predicted octanol–water partition coefficient (Wildman–Crippen LogP) is 7.77. The number of carbonyl (C=O) groups excluding carboxylic acids is 1. The van der Waals surface area contributed by atoms with Crippen LogP contribution in [0.25, 0.3) is 33.3 Å². The average Bonchev–Trinajstić information content (AvgIpc) is 3.10. The number of nitrogens with zero attached hydrogens (tertiary/aromatic N) is 4. The molecule has 6 aromatic rings. The van der Waals surface area contributed by atoms with Gasteiger partial charge in [-0.3, -0.25) is 4.79 Å². The van der Waals surface area contributed by atoms with Crippen molar-refractivity contribution < 1.29 is 14.7 Å². The Labute approximate surface area is 280 Å². The molecule has 6 rings (SSSR count). The third-order valence-electron chi connectivity index (χ3n) is 7.72. The maximum atomic E-state index is 13.9. The molecule has 0 bridgehead atoms. The largest absolute Gasteiger partial charge is 0.478 e. The minimum absolute atomic E-state index is 0.0364. The highest BCUT2D eigenvalue weighted by molar-refractivity contribution is 8.00. The topological polar surface area (TPSA) is 166 Å². The second-order valence-corrected chi connectivity index (χ2v) is 12.0. The number of pyridine rings is 2. The van der Waals surface area contributed by atoms with Crippen LogP contribution >= 0.6 is 11.8 Å². The number of nitrogens with two attached hydrogens (primary N) is 1. The summed E-state index contributed by atoms with van der Waals surface area (Å²) in [6, 6.07) is 36.3. The molecule has 2 aromatic heterocycles. The number of amides is 1. The van der Waals surface area contributed by atoms with Crippen LogP contribution in [0.2, 0.25) is 0 Å². The van der Waals surface area contributed by atoms with Crippen molar-refractivity contribution in [2.45, 2.75) is 17.2 Å². The van der Waals surface area contributed by atoms with E-state index in [-0.39, 0.29) is 33.4 Å². The van der Waals surface area contributed by atoms with Gasteiger partial charge in [0.2, 0.25) is 5.91 Å². The number of hydrogen-bond donors (Lipinski definition) is 3. The van der Waals surface area contributed by atoms with Crippen LogP contribution in [-0.4, -0.2) is 27.0 Å². The van der Waals surface area contributed by atoms with Crippen LogP contribution in [0.1, 0.15) is 37.9 Å². The number of benzene rings is 4. The Balaban J connectivity index is 1.33. The summed E-state index contributed by atoms with van der Waals surface area (Å²) < 4.78 is 0. The molecule has 0 saturated carbocycles. The van der Waals surface area contributed by atoms with Crippen molar-refractivity contribution in [3.63, 3.8) is 0 Å². The number of carboxylic acids is 1. The fraction of sp³-hybridized carbons (Fsp3) is 0.0526. The number of aromatic nitrogens is 2. The van der Waals surface area contributed by atoms with Crippen LogP contribution < -0.4 is 11.1 Å². The standard InChI is InChI=1S/C38H26N6O3S/c1-22-11-13-24(14-12-22)33-29(20-39)35(41)44-37(30(33)21-40)48-34(25-7-3-2-4-8-25)36(45)42-26-17-15-23(16-18-26)32-19-28(38(46)47)27-9-5-6-10-31(27)43-32/h2-19,34H,1H3,(H2,41,44)(H,42,45)(H,46,47). The van der Waals surface area contributed by atoms with E-state index in [4.69, 9.17) is 5.73 Å². The quantitative estimate of drug-likeness (QED) is 0.140. The van der Waals surface area contributed by atoms with E-state index in [1.54, 1.807) is 48.5 Å². The van der Waals surface area contributed by atoms with Crippen LogP contribution in [0.5, 0.6) is 0 Å². The molecule has 10 heteroatoms. The number of para-hydroxylation sites is 1. The monoisotopic (exact) mass is 646 g/mol. The first kappa shape index (κ1) is 31.5. The number of aromatic carboxylic acids is 1. The zero-order valence-corrected chi connectivity index (χ0v) is 26.3. The van der Waals surface area contributed by atoms with Crippen molar-refractivity contribution in [1.82, 2.24) is 9.97 Å². The number of aryl methyl sites for hydroxylation is 1. The molecule has 232 valence electrons. The summed E-state index contributed by atoms with van der Waals surface area (Å²) in [5, 5.41) is 32.9. The lowest BCUT2D eigenvalue weighted by Crippen LogP contribution is -2.19. The first-order valence-electron chi connectivity index (χ1n) is 14.7. The Bertz CT molecular complexity index is 2280. The summed E-state index contributed by atoms with van der Waals surface area (Å²) in [4.78, 5) is 35.0. The molecule has 1 atom stereocenters. The molecular formula is C38H26N6O3S. The van der Waals surface area contributed by atoms with E-state index in [1.807, 2.05) is 61.5 Å². The molecule has 0 aliphatic carbocycles. The highest BCUT2D eigenvalue weighted by atomic mass is 32.2. The molecular weight excluding hydrogens is 621 g/mol. The number of rotatable bonds is 8. The average molecular weight is 647 g/mol. The van der Waals surface area contributed by atoms with Crippen molar-refractivity contribution >= 4 is 46.0 Å². The lowest BCUT2D eigenvalue weighted by atomic mass is 9.96. The van der Waals surface area contributed by atoms with Gasteiger partial charge in [0, 0.05) is 22.2 Å². The molecule has 4 aromatic carbocycles. The third kappa shape index (κ3) is 6.29. The Morgan fingerprint density at radius 3 is 2.15 bits per heavy atom. The van der Waals surface area contributed by atoms with Gasteiger partial charge in [-0.1, -0.05) is 102 Å². The SMILES string of the molecule is Cc1ccc(-c2c(C#N)c(N)nc(SC(C(=O)Nc3ccc(-c4cc(C(=O)O)c5ccccc5n4)cc3)c3ccccc3)c2C#N)cc1. The number of nitrogens with one attached hydrogen (secondary N) is 1. The van der Waals surface area contributed by atoms with E-state index >= 15 is 0 Å². The normalized spacial score (nSPS) is 11.3. The van der Waals surface area contributed by atoms with Gasteiger partial charge in [-0.2, -0.15) is 10.5 Å². The fourth-order valence-corrected chi connectivity index (χ4v) is 6.44. The molecule has 4 N–H and O–H groups in total. The predicted molar refractivity (Wildman–Crippen MR) is 186 cm³/mol. The molecule has 9 nitrogen and oxygen atoms in total. The highest BCUT2D eigenvalue weighted by Gasteiger charge is 2.28. The first-order chi connectivity index (χ1) is 23.3. The van der Waals surface area contributed by atoms with Gasteiger partial charge in [-0.15, -0.1) is 0 Å². The van der Waals surface area contributed by atoms with Gasteiger partial charge >= 0.3 is 5.97 Å². The van der Waals surface area contributed by atoms with Gasteiger partial charge in [-0.05, 0) is 42.3 Å². The fourth-order valence-electron chi connectivity index (χ4n) is 5.34. The molecule has 0 spiro atoms. The molecule has 2 heterocycles. The maximum absolute atomic E-state index is 13.9. The van der Waals surface area contributed by atoms with Gasteiger partial charge in [-0.25, -0.2) is 14.8 Å². The van der Waals surface area contributed by atoms with E-state index in [0.29, 0.717) is 44.5 Å². The second-order valence-electron chi connectivity index (χ2n) is 10.9. The zero-order valence-electron chi connectivity index (χ0n) is 25.5. The summed E-state index contributed by atoms with van der Waals surface area (Å²) in [5.41, 5.74) is 11.6. The number of carboxylic acid groups (broad SMARTS) is 1. The zero-order chi connectivity index (χ0) is 33.8. The molecule has 1 amide bonds. The summed E-state index contributed by atoms with van der Waals surface area (Å²) in [6.07, 6.45) is 0. The number of carbonyl (C=O) groups is 2. The lowest BCUT2D eigenvalue weighted by Gasteiger charge is -2.19. The number of hydrogen-bond acceptors (Lipinski definition) is 8. The summed E-state index contributed by atoms with van der Waals surface area (Å²) in [5.74, 6) is -1.46. The van der Waals surface area contributed by atoms with E-state index in [2.05, 4.69) is 27.4 Å². The van der Waals surface area contributed by atoms with Crippen LogP contribution in [0, 0.1) is 29.6 Å². The van der Waals surface area contributed by atoms with Crippen LogP contribution in [-0.2, 0) is 4.79 Å². The van der Waals surface area contributed by atoms with Crippen molar-refractivity contribution in [2.75, 3.05) is 11.1 Å². The molecule has 0 aliphatic heterocycles. The Hall–Kier alpha value is -6.49. The van der Waals surface area contributed by atoms with Crippen molar-refractivity contribution in [1.29, 1.82) is 10.5 Å². The molecule has 0 saturated heterocycles. The van der Waals surface area contributed by atoms with Crippen molar-refractivity contribution in [2.24, 2.45) is 0 Å². The minimum Gasteiger partial charge on any atom is -0.478 e. The summed E-state index contributed by atoms with van der Waals surface area (Å²) in [7, 11) is 0. The van der Waals surface area contributed by atoms with Gasteiger partial charge in [0.25, 0.3) is 0 Å². The van der Waals surface area contributed by atoms with Crippen molar-refractivity contribution in [3.8, 4) is 34.5 Å². The Morgan fingerprint density at radius 2 is 1.48 bits per heavy atom. The lowest BCUT2D eigenvalue weighted by molar-refractivity contribution is -0.115. The van der Waals surface area contributed by atoms with E-state index in [1.165, 1.54) is 6.07 Å². The number of thioether (sulfide) groups is 1. The Morgan fingerprint density at radius 1 is 0.833 bits per heavy atom. The molecule has 1 unspecified atom stereocenters. The third-order valence-corrected chi connectivity index (χ3v) is 8.96. The first-order valence-corrected chi connectivity index (χ1v) is 15.6. The molecule has 0 fully saturated rings. The van der Waals surface area contributed by atoms with E-state index in [0.717, 1.165) is 17.3 Å². The number of nitrogen functional groups attached to an aromatic ring is 1. The molecule has 0 radical (unpaired) electrons. The number of anilines is 2. The smallest absolute Gasteiger partial charge is 0.336 e. The molecule has 0 aliphatic rings. The summed E-state index contributed by atoms with van der Waals surface area (Å²) >= 11 is 1.07. The van der Waals surface area contributed by atoms with Crippen LogP contribution in [0.3, 0.4) is 0 Å². The van der Waals surface area contributed by atoms with Crippen molar-refractivity contribution in [3.05, 3.63) is 137 Å². The van der Waals surface area contributed by atoms with Gasteiger partial charge in [0.05, 0.1) is 22.3 Å². The van der Waals surface area contributed by atoms with Gasteiger partial charge in [0.1, 0.15) is 33.8 Å². The Kier molecular flexibility index (Phi) is 8.84. The van der Waals surface area contributed by atoms with Crippen LogP contribution in [0.15, 0.2) is 114 Å². The van der Waals surface area contributed by atoms with Gasteiger partial charge < -0.3 is 16.2 Å². The molecule has 48 heavy (non-hydrogen) atoms.